The molecule has 7 heteroatoms. The van der Waals surface area contributed by atoms with Crippen LogP contribution in [0.3, 0.4) is 0 Å². The van der Waals surface area contributed by atoms with Crippen LogP contribution in [0.25, 0.3) is 27.8 Å². The van der Waals surface area contributed by atoms with E-state index in [-0.39, 0.29) is 11.6 Å². The fourth-order valence-corrected chi connectivity index (χ4v) is 3.09. The molecule has 4 rings (SSSR count). The second-order valence-electron chi connectivity index (χ2n) is 6.43. The number of fused-ring (bicyclic) bond motifs is 2. The van der Waals surface area contributed by atoms with Gasteiger partial charge in [-0.2, -0.15) is 5.10 Å². The van der Waals surface area contributed by atoms with Crippen molar-refractivity contribution >= 4 is 22.1 Å². The zero-order valence-electron chi connectivity index (χ0n) is 14.1. The Hall–Kier alpha value is -2.83. The van der Waals surface area contributed by atoms with Crippen molar-refractivity contribution in [3.63, 3.8) is 0 Å². The van der Waals surface area contributed by atoms with E-state index in [2.05, 4.69) is 20.2 Å². The van der Waals surface area contributed by atoms with Gasteiger partial charge in [-0.1, -0.05) is 13.8 Å². The third-order valence-electron chi connectivity index (χ3n) is 4.30. The molecule has 0 bridgehead atoms. The van der Waals surface area contributed by atoms with Crippen LogP contribution in [0, 0.1) is 6.92 Å². The molecule has 0 saturated heterocycles. The number of aryl methyl sites for hydroxylation is 1. The van der Waals surface area contributed by atoms with E-state index < -0.39 is 6.43 Å². The van der Waals surface area contributed by atoms with Gasteiger partial charge in [0, 0.05) is 11.3 Å². The summed E-state index contributed by atoms with van der Waals surface area (Å²) < 4.78 is 28.1. The van der Waals surface area contributed by atoms with Crippen LogP contribution in [0.1, 0.15) is 43.3 Å². The summed E-state index contributed by atoms with van der Waals surface area (Å²) in [6.45, 7) is 6.04. The zero-order chi connectivity index (χ0) is 17.7. The highest BCUT2D eigenvalue weighted by Gasteiger charge is 2.19. The first-order valence-corrected chi connectivity index (χ1v) is 8.07. The molecule has 0 amide bonds. The van der Waals surface area contributed by atoms with Crippen LogP contribution in [0.4, 0.5) is 8.78 Å². The fraction of sp³-hybridized carbons (Fsp3) is 0.278. The van der Waals surface area contributed by atoms with Crippen molar-refractivity contribution in [1.82, 2.24) is 24.7 Å². The smallest absolute Gasteiger partial charge is 0.280 e. The van der Waals surface area contributed by atoms with Crippen molar-refractivity contribution in [2.75, 3.05) is 0 Å². The van der Waals surface area contributed by atoms with Gasteiger partial charge in [-0.3, -0.25) is 9.67 Å². The van der Waals surface area contributed by atoms with Crippen LogP contribution < -0.4 is 0 Å². The van der Waals surface area contributed by atoms with Gasteiger partial charge in [-0.25, -0.2) is 18.7 Å². The van der Waals surface area contributed by atoms with Crippen LogP contribution in [-0.4, -0.2) is 24.7 Å². The van der Waals surface area contributed by atoms with Crippen LogP contribution in [0.15, 0.2) is 30.5 Å². The van der Waals surface area contributed by atoms with Crippen molar-refractivity contribution in [2.45, 2.75) is 33.1 Å². The molecule has 128 valence electrons. The third kappa shape index (κ3) is 2.47. The number of imidazole rings is 1. The largest absolute Gasteiger partial charge is 0.280 e. The molecule has 3 aromatic heterocycles. The van der Waals surface area contributed by atoms with Gasteiger partial charge < -0.3 is 0 Å². The quantitative estimate of drug-likeness (QED) is 0.589. The Kier molecular flexibility index (Phi) is 3.52. The van der Waals surface area contributed by atoms with Crippen molar-refractivity contribution in [1.29, 1.82) is 0 Å². The molecule has 1 aromatic carbocycles. The lowest BCUT2D eigenvalue weighted by molar-refractivity contribution is 0.146. The number of nitrogens with zero attached hydrogens (tertiary/aromatic N) is 4. The van der Waals surface area contributed by atoms with Crippen LogP contribution >= 0.6 is 0 Å². The van der Waals surface area contributed by atoms with Crippen LogP contribution in [0.2, 0.25) is 0 Å². The molecule has 0 radical (unpaired) electrons. The fourth-order valence-electron chi connectivity index (χ4n) is 3.09. The summed E-state index contributed by atoms with van der Waals surface area (Å²) in [5.74, 6) is 0.897. The van der Waals surface area contributed by atoms with E-state index in [0.29, 0.717) is 11.2 Å². The average molecular weight is 341 g/mol. The van der Waals surface area contributed by atoms with E-state index in [1.165, 1.54) is 6.07 Å². The second-order valence-corrected chi connectivity index (χ2v) is 6.43. The number of nitrogens with one attached hydrogen (secondary N) is 1. The SMILES string of the molecule is Cc1cc(-n2c(C(C)C)nc3ccc(C(F)F)nc32)cc2[nH]ncc12. The van der Waals surface area contributed by atoms with E-state index in [9.17, 15) is 8.78 Å². The highest BCUT2D eigenvalue weighted by molar-refractivity contribution is 5.85. The molecular formula is C18H17F2N5. The molecule has 1 N–H and O–H groups in total. The van der Waals surface area contributed by atoms with Gasteiger partial charge in [0.2, 0.25) is 0 Å². The Morgan fingerprint density at radius 2 is 1.92 bits per heavy atom. The Morgan fingerprint density at radius 1 is 1.12 bits per heavy atom. The molecule has 0 aliphatic heterocycles. The first-order chi connectivity index (χ1) is 12.0. The van der Waals surface area contributed by atoms with Gasteiger partial charge in [0.25, 0.3) is 6.43 Å². The van der Waals surface area contributed by atoms with E-state index in [4.69, 9.17) is 0 Å². The minimum Gasteiger partial charge on any atom is -0.280 e. The molecule has 4 aromatic rings. The summed E-state index contributed by atoms with van der Waals surface area (Å²) in [5, 5.41) is 8.07. The molecule has 25 heavy (non-hydrogen) atoms. The Balaban J connectivity index is 2.05. The number of pyridine rings is 1. The lowest BCUT2D eigenvalue weighted by Gasteiger charge is -2.12. The summed E-state index contributed by atoms with van der Waals surface area (Å²) in [5.41, 5.74) is 3.57. The van der Waals surface area contributed by atoms with E-state index >= 15 is 0 Å². The number of halogens is 2. The maximum atomic E-state index is 13.1. The number of alkyl halides is 2. The number of hydrogen-bond donors (Lipinski definition) is 1. The molecule has 3 heterocycles. The van der Waals surface area contributed by atoms with E-state index in [1.807, 2.05) is 37.5 Å². The summed E-state index contributed by atoms with van der Waals surface area (Å²) in [4.78, 5) is 8.79. The molecule has 0 aliphatic carbocycles. The monoisotopic (exact) mass is 341 g/mol. The lowest BCUT2D eigenvalue weighted by atomic mass is 10.1. The summed E-state index contributed by atoms with van der Waals surface area (Å²) >= 11 is 0. The van der Waals surface area contributed by atoms with Gasteiger partial charge in [-0.05, 0) is 36.8 Å². The summed E-state index contributed by atoms with van der Waals surface area (Å²) in [6, 6.07) is 6.88. The summed E-state index contributed by atoms with van der Waals surface area (Å²) in [6.07, 6.45) is -0.844. The second kappa shape index (κ2) is 5.61. The number of aromatic amines is 1. The number of hydrogen-bond acceptors (Lipinski definition) is 3. The minimum absolute atomic E-state index is 0.113. The molecule has 0 aliphatic rings. The van der Waals surface area contributed by atoms with Gasteiger partial charge in [0.15, 0.2) is 5.65 Å². The molecule has 0 spiro atoms. The predicted octanol–water partition coefficient (Wildman–Crippen LogP) is 4.67. The number of H-pyrrole nitrogens is 1. The third-order valence-corrected chi connectivity index (χ3v) is 4.30. The first-order valence-electron chi connectivity index (χ1n) is 8.07. The number of benzene rings is 1. The van der Waals surface area contributed by atoms with E-state index in [1.54, 1.807) is 12.3 Å². The normalized spacial score (nSPS) is 12.1. The molecule has 0 fully saturated rings. The van der Waals surface area contributed by atoms with Gasteiger partial charge in [0.05, 0.1) is 17.4 Å². The summed E-state index contributed by atoms with van der Waals surface area (Å²) in [7, 11) is 0. The van der Waals surface area contributed by atoms with Crippen molar-refractivity contribution in [3.05, 3.63) is 47.5 Å². The lowest BCUT2D eigenvalue weighted by Crippen LogP contribution is -2.05. The van der Waals surface area contributed by atoms with Crippen LogP contribution in [0.5, 0.6) is 0 Å². The topological polar surface area (TPSA) is 59.4 Å². The Morgan fingerprint density at radius 3 is 2.64 bits per heavy atom. The Labute approximate surface area is 142 Å². The maximum absolute atomic E-state index is 13.1. The zero-order valence-corrected chi connectivity index (χ0v) is 14.1. The van der Waals surface area contributed by atoms with Crippen molar-refractivity contribution < 1.29 is 8.78 Å². The van der Waals surface area contributed by atoms with Crippen molar-refractivity contribution in [3.8, 4) is 5.69 Å². The highest BCUT2D eigenvalue weighted by atomic mass is 19.3. The predicted molar refractivity (Wildman–Crippen MR) is 92.3 cm³/mol. The standard InChI is InChI=1S/C18H17F2N5/c1-9(2)17-23-14-5-4-13(16(19)20)22-18(14)25(17)11-6-10(3)12-8-21-24-15(12)7-11/h4-9,16H,1-3H3,(H,21,24). The Bertz CT molecular complexity index is 1080. The maximum Gasteiger partial charge on any atom is 0.280 e. The van der Waals surface area contributed by atoms with E-state index in [0.717, 1.165) is 28.0 Å². The van der Waals surface area contributed by atoms with Crippen LogP contribution in [-0.2, 0) is 0 Å². The number of rotatable bonds is 3. The first kappa shape index (κ1) is 15.7. The average Bonchev–Trinajstić information content (AvgIpc) is 3.18. The molecule has 0 saturated carbocycles. The number of aromatic nitrogens is 5. The molecule has 5 nitrogen and oxygen atoms in total. The minimum atomic E-state index is -2.62. The van der Waals surface area contributed by atoms with Gasteiger partial charge in [0.1, 0.15) is 17.0 Å². The highest BCUT2D eigenvalue weighted by Crippen LogP contribution is 2.29. The molecule has 0 atom stereocenters. The molecular weight excluding hydrogens is 324 g/mol. The van der Waals surface area contributed by atoms with Crippen molar-refractivity contribution in [2.24, 2.45) is 0 Å². The molecule has 0 unspecified atom stereocenters. The van der Waals surface area contributed by atoms with Gasteiger partial charge >= 0.3 is 0 Å². The van der Waals surface area contributed by atoms with Gasteiger partial charge in [-0.15, -0.1) is 0 Å².